The van der Waals surface area contributed by atoms with E-state index in [-0.39, 0.29) is 23.0 Å². The molecule has 0 unspecified atom stereocenters. The molecular formula is C26H16Cl2F2N2O2S. The zero-order valence-electron chi connectivity index (χ0n) is 18.0. The van der Waals surface area contributed by atoms with Gasteiger partial charge in [-0.05, 0) is 53.7 Å². The first-order chi connectivity index (χ1) is 16.8. The lowest BCUT2D eigenvalue weighted by Crippen LogP contribution is -2.27. The van der Waals surface area contributed by atoms with Gasteiger partial charge in [0.1, 0.15) is 11.6 Å². The maximum atomic E-state index is 14.4. The molecule has 3 aromatic carbocycles. The molecule has 0 N–H and O–H groups in total. The van der Waals surface area contributed by atoms with Crippen molar-refractivity contribution >= 4 is 63.1 Å². The molecule has 1 aromatic heterocycles. The highest BCUT2D eigenvalue weighted by Crippen LogP contribution is 2.36. The van der Waals surface area contributed by atoms with Gasteiger partial charge in [0.2, 0.25) is 0 Å². The molecule has 0 atom stereocenters. The highest BCUT2D eigenvalue weighted by atomic mass is 35.5. The van der Waals surface area contributed by atoms with Crippen LogP contribution in [0.3, 0.4) is 0 Å². The summed E-state index contributed by atoms with van der Waals surface area (Å²) < 4.78 is 29.6. The zero-order chi connectivity index (χ0) is 24.7. The van der Waals surface area contributed by atoms with Gasteiger partial charge in [0, 0.05) is 38.3 Å². The smallest absolute Gasteiger partial charge is 0.293 e. The number of rotatable bonds is 5. The normalized spacial score (nSPS) is 15.1. The summed E-state index contributed by atoms with van der Waals surface area (Å²) in [4.78, 5) is 27.0. The van der Waals surface area contributed by atoms with Gasteiger partial charge < -0.3 is 4.57 Å². The molecule has 2 heterocycles. The van der Waals surface area contributed by atoms with E-state index < -0.39 is 22.8 Å². The fraction of sp³-hybridized carbons (Fsp3) is 0.0769. The van der Waals surface area contributed by atoms with Crippen LogP contribution in [0.4, 0.5) is 13.6 Å². The highest BCUT2D eigenvalue weighted by Gasteiger charge is 2.35. The van der Waals surface area contributed by atoms with Crippen LogP contribution in [0.1, 0.15) is 16.7 Å². The minimum atomic E-state index is -0.499. The maximum absolute atomic E-state index is 14.4. The number of benzene rings is 3. The van der Waals surface area contributed by atoms with Crippen molar-refractivity contribution in [2.24, 2.45) is 0 Å². The Morgan fingerprint density at radius 2 is 1.71 bits per heavy atom. The van der Waals surface area contributed by atoms with Gasteiger partial charge in [0.15, 0.2) is 0 Å². The Kier molecular flexibility index (Phi) is 6.40. The third-order valence-electron chi connectivity index (χ3n) is 5.71. The SMILES string of the molecule is O=C1S/C(=C\c2cn(Cc3c(F)cccc3Cl)c3ccccc23)C(=O)N1Cc1ccc(F)cc1Cl. The van der Waals surface area contributed by atoms with Crippen LogP contribution < -0.4 is 0 Å². The molecule has 9 heteroatoms. The number of halogens is 4. The molecule has 0 saturated carbocycles. The lowest BCUT2D eigenvalue weighted by atomic mass is 10.1. The zero-order valence-corrected chi connectivity index (χ0v) is 20.3. The second-order valence-corrected chi connectivity index (χ2v) is 9.74. The predicted octanol–water partition coefficient (Wildman–Crippen LogP) is 7.51. The van der Waals surface area contributed by atoms with Gasteiger partial charge in [0.25, 0.3) is 11.1 Å². The summed E-state index contributed by atoms with van der Waals surface area (Å²) in [5.74, 6) is -1.37. The van der Waals surface area contributed by atoms with E-state index in [0.29, 0.717) is 21.7 Å². The average Bonchev–Trinajstić information content (AvgIpc) is 3.30. The van der Waals surface area contributed by atoms with Gasteiger partial charge >= 0.3 is 0 Å². The molecule has 0 spiro atoms. The van der Waals surface area contributed by atoms with Gasteiger partial charge in [-0.15, -0.1) is 0 Å². The number of para-hydroxylation sites is 1. The van der Waals surface area contributed by atoms with Crippen molar-refractivity contribution in [1.82, 2.24) is 9.47 Å². The molecule has 4 nitrogen and oxygen atoms in total. The molecular weight excluding hydrogens is 513 g/mol. The Morgan fingerprint density at radius 3 is 2.49 bits per heavy atom. The molecule has 2 amide bonds. The van der Waals surface area contributed by atoms with E-state index in [2.05, 4.69) is 0 Å². The lowest BCUT2D eigenvalue weighted by Gasteiger charge is -2.13. The Hall–Kier alpha value is -3.13. The molecule has 4 aromatic rings. The van der Waals surface area contributed by atoms with E-state index in [9.17, 15) is 18.4 Å². The number of nitrogens with zero attached hydrogens (tertiary/aromatic N) is 2. The lowest BCUT2D eigenvalue weighted by molar-refractivity contribution is -0.123. The average molecular weight is 529 g/mol. The van der Waals surface area contributed by atoms with Crippen LogP contribution in [0.25, 0.3) is 17.0 Å². The minimum absolute atomic E-state index is 0.0609. The molecule has 1 aliphatic rings. The first kappa shape index (κ1) is 23.6. The molecule has 5 rings (SSSR count). The van der Waals surface area contributed by atoms with Crippen molar-refractivity contribution in [3.63, 3.8) is 0 Å². The van der Waals surface area contributed by atoms with Crippen molar-refractivity contribution in [2.75, 3.05) is 0 Å². The Morgan fingerprint density at radius 1 is 0.914 bits per heavy atom. The van der Waals surface area contributed by atoms with E-state index in [1.807, 2.05) is 28.8 Å². The number of fused-ring (bicyclic) bond motifs is 1. The quantitative estimate of drug-likeness (QED) is 0.251. The number of aromatic nitrogens is 1. The summed E-state index contributed by atoms with van der Waals surface area (Å²) in [6, 6.07) is 15.9. The van der Waals surface area contributed by atoms with Crippen LogP contribution in [-0.4, -0.2) is 20.6 Å². The van der Waals surface area contributed by atoms with Gasteiger partial charge in [-0.25, -0.2) is 8.78 Å². The van der Waals surface area contributed by atoms with Crippen molar-refractivity contribution in [1.29, 1.82) is 0 Å². The van der Waals surface area contributed by atoms with Crippen molar-refractivity contribution in [3.05, 3.63) is 110 Å². The summed E-state index contributed by atoms with van der Waals surface area (Å²) >= 11 is 13.1. The number of carbonyl (C=O) groups excluding carboxylic acids is 2. The van der Waals surface area contributed by atoms with E-state index in [1.165, 1.54) is 18.2 Å². The minimum Gasteiger partial charge on any atom is -0.342 e. The van der Waals surface area contributed by atoms with Crippen LogP contribution in [0.2, 0.25) is 10.0 Å². The van der Waals surface area contributed by atoms with Gasteiger partial charge in [-0.3, -0.25) is 14.5 Å². The van der Waals surface area contributed by atoms with Crippen LogP contribution >= 0.6 is 35.0 Å². The Bertz CT molecular complexity index is 1510. The molecule has 35 heavy (non-hydrogen) atoms. The van der Waals surface area contributed by atoms with Gasteiger partial charge in [-0.2, -0.15) is 0 Å². The second-order valence-electron chi connectivity index (χ2n) is 7.93. The van der Waals surface area contributed by atoms with Crippen LogP contribution in [0, 0.1) is 11.6 Å². The first-order valence-corrected chi connectivity index (χ1v) is 12.1. The van der Waals surface area contributed by atoms with Crippen molar-refractivity contribution in [3.8, 4) is 0 Å². The molecule has 0 aliphatic carbocycles. The molecule has 1 saturated heterocycles. The van der Waals surface area contributed by atoms with Crippen LogP contribution in [0.5, 0.6) is 0 Å². The maximum Gasteiger partial charge on any atom is 0.293 e. The molecule has 176 valence electrons. The number of hydrogen-bond acceptors (Lipinski definition) is 3. The number of carbonyl (C=O) groups is 2. The molecule has 1 fully saturated rings. The molecule has 1 aliphatic heterocycles. The Labute approximate surface area is 213 Å². The highest BCUT2D eigenvalue weighted by molar-refractivity contribution is 8.18. The number of imide groups is 1. The van der Waals surface area contributed by atoms with Crippen molar-refractivity contribution < 1.29 is 18.4 Å². The number of amides is 2. The van der Waals surface area contributed by atoms with Crippen LogP contribution in [-0.2, 0) is 17.9 Å². The topological polar surface area (TPSA) is 42.3 Å². The predicted molar refractivity (Wildman–Crippen MR) is 135 cm³/mol. The third kappa shape index (κ3) is 4.59. The van der Waals surface area contributed by atoms with E-state index in [0.717, 1.165) is 33.6 Å². The summed E-state index contributed by atoms with van der Waals surface area (Å²) in [5.41, 5.74) is 2.36. The molecule has 0 bridgehead atoms. The summed E-state index contributed by atoms with van der Waals surface area (Å²) in [7, 11) is 0. The fourth-order valence-corrected chi connectivity index (χ4v) is 5.25. The second kappa shape index (κ2) is 9.49. The number of hydrogen-bond donors (Lipinski definition) is 0. The largest absolute Gasteiger partial charge is 0.342 e. The van der Waals surface area contributed by atoms with E-state index >= 15 is 0 Å². The van der Waals surface area contributed by atoms with E-state index in [4.69, 9.17) is 23.2 Å². The first-order valence-electron chi connectivity index (χ1n) is 10.5. The van der Waals surface area contributed by atoms with Crippen LogP contribution in [0.15, 0.2) is 71.8 Å². The summed E-state index contributed by atoms with van der Waals surface area (Å²) in [6.45, 7) is 0.138. The third-order valence-corrected chi connectivity index (χ3v) is 7.33. The fourth-order valence-electron chi connectivity index (χ4n) is 3.97. The van der Waals surface area contributed by atoms with Gasteiger partial charge in [0.05, 0.1) is 18.0 Å². The van der Waals surface area contributed by atoms with E-state index in [1.54, 1.807) is 24.4 Å². The summed E-state index contributed by atoms with van der Waals surface area (Å²) in [5, 5.41) is 0.865. The molecule has 0 radical (unpaired) electrons. The van der Waals surface area contributed by atoms with Crippen molar-refractivity contribution in [2.45, 2.75) is 13.1 Å². The standard InChI is InChI=1S/C26H16Cl2F2N2O2S/c27-20-5-3-6-22(30)19(20)14-31-12-16(18-4-1-2-7-23(18)31)10-24-25(33)32(26(34)35-24)13-15-8-9-17(29)11-21(15)28/h1-12H,13-14H2/b24-10-. The number of thioether (sulfide) groups is 1. The van der Waals surface area contributed by atoms with Gasteiger partial charge in [-0.1, -0.05) is 53.5 Å². The Balaban J connectivity index is 1.48. The summed E-state index contributed by atoms with van der Waals surface area (Å²) in [6.07, 6.45) is 3.46. The monoisotopic (exact) mass is 528 g/mol.